The number of amides is 1. The number of nitrogens with one attached hydrogen (secondary N) is 1. The van der Waals surface area contributed by atoms with E-state index in [1.165, 1.54) is 18.3 Å². The molecule has 1 aromatic carbocycles. The number of rotatable bonds is 4. The summed E-state index contributed by atoms with van der Waals surface area (Å²) in [4.78, 5) is 27.5. The molecular formula is C16H15ClN2O3. The van der Waals surface area contributed by atoms with E-state index in [4.69, 9.17) is 16.3 Å². The van der Waals surface area contributed by atoms with Crippen LogP contribution in [0.3, 0.4) is 0 Å². The number of carbonyl (C=O) groups is 2. The van der Waals surface area contributed by atoms with Crippen molar-refractivity contribution in [1.82, 2.24) is 4.98 Å². The molecule has 0 aliphatic rings. The zero-order valence-electron chi connectivity index (χ0n) is 12.2. The summed E-state index contributed by atoms with van der Waals surface area (Å²) in [5.74, 6) is -1.02. The molecule has 1 N–H and O–H groups in total. The first-order chi connectivity index (χ1) is 10.5. The molecule has 1 amide bonds. The Morgan fingerprint density at radius 3 is 2.55 bits per heavy atom. The molecular weight excluding hydrogens is 304 g/mol. The second-order valence-corrected chi connectivity index (χ2v) is 5.15. The van der Waals surface area contributed by atoms with Crippen molar-refractivity contribution in [3.05, 3.63) is 58.4 Å². The Kier molecular flexibility index (Phi) is 5.12. The summed E-state index contributed by atoms with van der Waals surface area (Å²) < 4.78 is 4.96. The fraction of sp³-hybridized carbons (Fsp3) is 0.188. The number of hydrogen-bond donors (Lipinski definition) is 1. The summed E-state index contributed by atoms with van der Waals surface area (Å²) in [7, 11) is 0. The van der Waals surface area contributed by atoms with Gasteiger partial charge in [-0.2, -0.15) is 0 Å². The number of benzene rings is 1. The second-order valence-electron chi connectivity index (χ2n) is 4.76. The van der Waals surface area contributed by atoms with Crippen molar-refractivity contribution in [2.24, 2.45) is 0 Å². The number of aryl methyl sites for hydroxylation is 2. The molecule has 0 aliphatic carbocycles. The standard InChI is InChI=1S/C16H15ClN2O3/c1-10-4-3-5-11(2)15(10)19-14(20)9-22-16(21)12-6-7-18-13(17)8-12/h3-8H,9H2,1-2H3,(H,19,20). The molecule has 6 heteroatoms. The first kappa shape index (κ1) is 16.0. The first-order valence-corrected chi connectivity index (χ1v) is 7.00. The molecule has 0 saturated heterocycles. The van der Waals surface area contributed by atoms with Crippen molar-refractivity contribution in [3.63, 3.8) is 0 Å². The third kappa shape index (κ3) is 4.05. The molecule has 0 atom stereocenters. The smallest absolute Gasteiger partial charge is 0.338 e. The number of para-hydroxylation sites is 1. The SMILES string of the molecule is Cc1cccc(C)c1NC(=O)COC(=O)c1ccnc(Cl)c1. The van der Waals surface area contributed by atoms with Gasteiger partial charge >= 0.3 is 5.97 Å². The van der Waals surface area contributed by atoms with Gasteiger partial charge in [-0.25, -0.2) is 9.78 Å². The number of pyridine rings is 1. The Bertz CT molecular complexity index is 696. The van der Waals surface area contributed by atoms with Crippen LogP contribution in [0.25, 0.3) is 0 Å². The van der Waals surface area contributed by atoms with Gasteiger partial charge in [0.1, 0.15) is 5.15 Å². The Morgan fingerprint density at radius 1 is 1.23 bits per heavy atom. The fourth-order valence-electron chi connectivity index (χ4n) is 1.93. The van der Waals surface area contributed by atoms with Crippen LogP contribution in [-0.2, 0) is 9.53 Å². The van der Waals surface area contributed by atoms with Gasteiger partial charge in [0.05, 0.1) is 5.56 Å². The lowest BCUT2D eigenvalue weighted by atomic mass is 10.1. The minimum absolute atomic E-state index is 0.189. The van der Waals surface area contributed by atoms with Crippen molar-refractivity contribution in [2.75, 3.05) is 11.9 Å². The largest absolute Gasteiger partial charge is 0.452 e. The highest BCUT2D eigenvalue weighted by Gasteiger charge is 2.12. The van der Waals surface area contributed by atoms with Gasteiger partial charge in [0.2, 0.25) is 0 Å². The van der Waals surface area contributed by atoms with Gasteiger partial charge in [0.25, 0.3) is 5.91 Å². The number of ether oxygens (including phenoxy) is 1. The summed E-state index contributed by atoms with van der Waals surface area (Å²) in [5.41, 5.74) is 2.87. The Morgan fingerprint density at radius 2 is 1.91 bits per heavy atom. The molecule has 0 unspecified atom stereocenters. The number of halogens is 1. The van der Waals surface area contributed by atoms with Crippen molar-refractivity contribution in [1.29, 1.82) is 0 Å². The molecule has 5 nitrogen and oxygen atoms in total. The molecule has 0 fully saturated rings. The predicted octanol–water partition coefficient (Wildman–Crippen LogP) is 3.15. The number of hydrogen-bond acceptors (Lipinski definition) is 4. The highest BCUT2D eigenvalue weighted by atomic mass is 35.5. The van der Waals surface area contributed by atoms with Crippen LogP contribution in [0.5, 0.6) is 0 Å². The summed E-state index contributed by atoms with van der Waals surface area (Å²) in [5, 5.41) is 2.93. The monoisotopic (exact) mass is 318 g/mol. The molecule has 22 heavy (non-hydrogen) atoms. The van der Waals surface area contributed by atoms with E-state index in [1.807, 2.05) is 32.0 Å². The zero-order valence-corrected chi connectivity index (χ0v) is 13.0. The fourth-order valence-corrected chi connectivity index (χ4v) is 2.10. The van der Waals surface area contributed by atoms with E-state index < -0.39 is 11.9 Å². The lowest BCUT2D eigenvalue weighted by molar-refractivity contribution is -0.119. The summed E-state index contributed by atoms with van der Waals surface area (Å²) in [6.07, 6.45) is 1.40. The minimum atomic E-state index is -0.624. The van der Waals surface area contributed by atoms with Crippen molar-refractivity contribution in [3.8, 4) is 0 Å². The molecule has 1 aromatic heterocycles. The number of esters is 1. The van der Waals surface area contributed by atoms with Crippen LogP contribution in [0.15, 0.2) is 36.5 Å². The normalized spacial score (nSPS) is 10.1. The highest BCUT2D eigenvalue weighted by Crippen LogP contribution is 2.19. The van der Waals surface area contributed by atoms with E-state index in [2.05, 4.69) is 10.3 Å². The molecule has 0 radical (unpaired) electrons. The Hall–Kier alpha value is -2.40. The van der Waals surface area contributed by atoms with Crippen molar-refractivity contribution < 1.29 is 14.3 Å². The molecule has 0 spiro atoms. The van der Waals surface area contributed by atoms with Gasteiger partial charge < -0.3 is 10.1 Å². The van der Waals surface area contributed by atoms with Gasteiger partial charge in [-0.3, -0.25) is 4.79 Å². The third-order valence-electron chi connectivity index (χ3n) is 3.04. The van der Waals surface area contributed by atoms with Gasteiger partial charge in [-0.05, 0) is 37.1 Å². The van der Waals surface area contributed by atoms with Crippen LogP contribution in [-0.4, -0.2) is 23.5 Å². The van der Waals surface area contributed by atoms with Crippen LogP contribution in [0.4, 0.5) is 5.69 Å². The van der Waals surface area contributed by atoms with E-state index in [9.17, 15) is 9.59 Å². The number of carbonyl (C=O) groups excluding carboxylic acids is 2. The summed E-state index contributed by atoms with van der Waals surface area (Å²) in [6, 6.07) is 8.56. The number of nitrogens with zero attached hydrogens (tertiary/aromatic N) is 1. The van der Waals surface area contributed by atoms with Crippen LogP contribution in [0.1, 0.15) is 21.5 Å². The van der Waals surface area contributed by atoms with Gasteiger partial charge in [-0.1, -0.05) is 29.8 Å². The average molecular weight is 319 g/mol. The molecule has 0 aliphatic heterocycles. The van der Waals surface area contributed by atoms with Crippen molar-refractivity contribution >= 4 is 29.2 Å². The highest BCUT2D eigenvalue weighted by molar-refractivity contribution is 6.29. The van der Waals surface area contributed by atoms with E-state index in [0.717, 1.165) is 16.8 Å². The van der Waals surface area contributed by atoms with Crippen molar-refractivity contribution in [2.45, 2.75) is 13.8 Å². The van der Waals surface area contributed by atoms with Crippen LogP contribution in [0.2, 0.25) is 5.15 Å². The first-order valence-electron chi connectivity index (χ1n) is 6.62. The lowest BCUT2D eigenvalue weighted by Gasteiger charge is -2.11. The molecule has 0 bridgehead atoms. The van der Waals surface area contributed by atoms with Crippen LogP contribution < -0.4 is 5.32 Å². The molecule has 1 heterocycles. The zero-order chi connectivity index (χ0) is 16.1. The van der Waals surface area contributed by atoms with Gasteiger partial charge in [-0.15, -0.1) is 0 Å². The van der Waals surface area contributed by atoms with E-state index >= 15 is 0 Å². The maximum absolute atomic E-state index is 11.9. The summed E-state index contributed by atoms with van der Waals surface area (Å²) in [6.45, 7) is 3.42. The van der Waals surface area contributed by atoms with Gasteiger partial charge in [0, 0.05) is 11.9 Å². The molecule has 0 saturated carbocycles. The molecule has 114 valence electrons. The third-order valence-corrected chi connectivity index (χ3v) is 3.25. The minimum Gasteiger partial charge on any atom is -0.452 e. The maximum Gasteiger partial charge on any atom is 0.338 e. The molecule has 2 aromatic rings. The average Bonchev–Trinajstić information content (AvgIpc) is 2.48. The van der Waals surface area contributed by atoms with Gasteiger partial charge in [0.15, 0.2) is 6.61 Å². The summed E-state index contributed by atoms with van der Waals surface area (Å²) >= 11 is 5.70. The quantitative estimate of drug-likeness (QED) is 0.694. The van der Waals surface area contributed by atoms with Crippen LogP contribution >= 0.6 is 11.6 Å². The van der Waals surface area contributed by atoms with E-state index in [-0.39, 0.29) is 17.3 Å². The predicted molar refractivity (Wildman–Crippen MR) is 84.1 cm³/mol. The topological polar surface area (TPSA) is 68.3 Å². The van der Waals surface area contributed by atoms with Crippen LogP contribution in [0, 0.1) is 13.8 Å². The second kappa shape index (κ2) is 7.04. The van der Waals surface area contributed by atoms with E-state index in [1.54, 1.807) is 0 Å². The lowest BCUT2D eigenvalue weighted by Crippen LogP contribution is -2.21. The Labute approximate surface area is 133 Å². The van der Waals surface area contributed by atoms with E-state index in [0.29, 0.717) is 0 Å². The number of aromatic nitrogens is 1. The molecule has 2 rings (SSSR count). The Balaban J connectivity index is 1.94. The number of anilines is 1. The maximum atomic E-state index is 11.9.